The molecule has 240 valence electrons. The van der Waals surface area contributed by atoms with Crippen molar-refractivity contribution in [2.24, 2.45) is 0 Å². The molecule has 2 aliphatic carbocycles. The van der Waals surface area contributed by atoms with Crippen LogP contribution in [0.1, 0.15) is 22.3 Å². The topological polar surface area (TPSA) is 26.0 Å². The summed E-state index contributed by atoms with van der Waals surface area (Å²) >= 11 is 0. The smallest absolute Gasteiger partial charge is 0.136 e. The zero-order valence-corrected chi connectivity index (χ0v) is 28.1. The van der Waals surface area contributed by atoms with Crippen molar-refractivity contribution in [1.29, 1.82) is 0 Å². The third-order valence-electron chi connectivity index (χ3n) is 11.7. The zero-order valence-electron chi connectivity index (χ0n) is 28.1. The summed E-state index contributed by atoms with van der Waals surface area (Å²) in [5.41, 5.74) is 17.3. The third-order valence-corrected chi connectivity index (χ3v) is 11.7. The van der Waals surface area contributed by atoms with E-state index in [1.165, 1.54) is 55.5 Å². The summed E-state index contributed by atoms with van der Waals surface area (Å²) in [6.07, 6.45) is 0. The molecule has 2 nitrogen and oxygen atoms in total. The van der Waals surface area contributed by atoms with Crippen LogP contribution in [0, 0.1) is 0 Å². The van der Waals surface area contributed by atoms with Gasteiger partial charge in [0.05, 0.1) is 16.6 Å². The number of nitrogens with zero attached hydrogens (tertiary/aromatic N) is 1. The van der Waals surface area contributed by atoms with Crippen LogP contribution in [-0.4, -0.2) is 4.98 Å². The minimum absolute atomic E-state index is 0.406. The Morgan fingerprint density at radius 3 is 1.73 bits per heavy atom. The lowest BCUT2D eigenvalue weighted by atomic mass is 9.70. The van der Waals surface area contributed by atoms with Gasteiger partial charge < -0.3 is 4.42 Å². The number of hydrogen-bond donors (Lipinski definition) is 0. The predicted molar refractivity (Wildman–Crippen MR) is 214 cm³/mol. The van der Waals surface area contributed by atoms with Crippen LogP contribution in [-0.2, 0) is 5.41 Å². The van der Waals surface area contributed by atoms with Crippen molar-refractivity contribution in [1.82, 2.24) is 4.98 Å². The van der Waals surface area contributed by atoms with Crippen molar-refractivity contribution >= 4 is 43.6 Å². The second-order valence-corrected chi connectivity index (χ2v) is 14.1. The monoisotopic (exact) mass is 659 g/mol. The minimum Gasteiger partial charge on any atom is -0.456 e. The maximum atomic E-state index is 6.46. The van der Waals surface area contributed by atoms with Crippen LogP contribution in [0.2, 0.25) is 0 Å². The Morgan fingerprint density at radius 1 is 0.365 bits per heavy atom. The van der Waals surface area contributed by atoms with Crippen LogP contribution < -0.4 is 0 Å². The molecular weight excluding hydrogens is 631 g/mol. The van der Waals surface area contributed by atoms with Crippen molar-refractivity contribution in [2.75, 3.05) is 0 Å². The van der Waals surface area contributed by atoms with E-state index >= 15 is 0 Å². The lowest BCUT2D eigenvalue weighted by Crippen LogP contribution is -2.25. The molecule has 0 fully saturated rings. The molecule has 0 saturated carbocycles. The molecule has 2 heteroatoms. The maximum absolute atomic E-state index is 6.46. The van der Waals surface area contributed by atoms with Gasteiger partial charge in [0.25, 0.3) is 0 Å². The molecule has 8 aromatic carbocycles. The summed E-state index contributed by atoms with van der Waals surface area (Å²) in [6.45, 7) is 0. The molecule has 0 atom stereocenters. The number of hydrogen-bond acceptors (Lipinski definition) is 2. The number of para-hydroxylation sites is 2. The van der Waals surface area contributed by atoms with E-state index in [9.17, 15) is 0 Å². The molecule has 0 aliphatic heterocycles. The lowest BCUT2D eigenvalue weighted by Gasteiger charge is -2.30. The first-order valence-corrected chi connectivity index (χ1v) is 18.0. The van der Waals surface area contributed by atoms with Crippen LogP contribution in [0.3, 0.4) is 0 Å². The van der Waals surface area contributed by atoms with Gasteiger partial charge in [-0.2, -0.15) is 0 Å². The summed E-state index contributed by atoms with van der Waals surface area (Å²) in [5, 5.41) is 5.68. The third kappa shape index (κ3) is 3.42. The van der Waals surface area contributed by atoms with E-state index in [4.69, 9.17) is 9.40 Å². The SMILES string of the molecule is c1ccc(-c2nc3c(-c4cccc5c4-c4ccccc4C54c5ccccc5-c5ccccc54)cccc3c3c2ccc2oc4ccccc4c23)cc1. The molecule has 0 saturated heterocycles. The van der Waals surface area contributed by atoms with E-state index in [1.807, 2.05) is 6.07 Å². The van der Waals surface area contributed by atoms with Crippen molar-refractivity contribution in [3.8, 4) is 44.6 Å². The van der Waals surface area contributed by atoms with E-state index in [-0.39, 0.29) is 0 Å². The standard InChI is InChI=1S/C50H29NO/c1-2-14-30(15-3-1)48-38-28-29-44-47(36-19-7-11-27-43(36)52-44)46(38)37-22-12-21-34(49(37)51-48)33-20-13-26-42-45(33)35-18-6-10-25-41(35)50(42)39-23-8-4-16-31(39)32-17-5-9-24-40(32)50/h1-29H. The summed E-state index contributed by atoms with van der Waals surface area (Å²) < 4.78 is 6.46. The van der Waals surface area contributed by atoms with Crippen molar-refractivity contribution in [2.45, 2.75) is 5.41 Å². The van der Waals surface area contributed by atoms with Crippen LogP contribution in [0.4, 0.5) is 0 Å². The maximum Gasteiger partial charge on any atom is 0.136 e. The molecule has 10 aromatic rings. The van der Waals surface area contributed by atoms with Crippen LogP contribution >= 0.6 is 0 Å². The van der Waals surface area contributed by atoms with Crippen molar-refractivity contribution in [3.63, 3.8) is 0 Å². The summed E-state index contributed by atoms with van der Waals surface area (Å²) in [6, 6.07) is 64.0. The second kappa shape index (κ2) is 10.2. The highest BCUT2D eigenvalue weighted by Crippen LogP contribution is 2.64. The van der Waals surface area contributed by atoms with Gasteiger partial charge in [-0.05, 0) is 68.3 Å². The number of pyridine rings is 1. The molecule has 0 unspecified atom stereocenters. The van der Waals surface area contributed by atoms with Gasteiger partial charge in [-0.1, -0.05) is 158 Å². The van der Waals surface area contributed by atoms with Gasteiger partial charge in [0.2, 0.25) is 0 Å². The normalized spacial score (nSPS) is 13.5. The second-order valence-electron chi connectivity index (χ2n) is 14.1. The van der Waals surface area contributed by atoms with Gasteiger partial charge in [-0.3, -0.25) is 0 Å². The molecule has 0 radical (unpaired) electrons. The molecular formula is C50H29NO. The molecule has 2 heterocycles. The largest absolute Gasteiger partial charge is 0.456 e. The van der Waals surface area contributed by atoms with E-state index in [0.29, 0.717) is 0 Å². The lowest BCUT2D eigenvalue weighted by molar-refractivity contribution is 0.669. The summed E-state index contributed by atoms with van der Waals surface area (Å²) in [7, 11) is 0. The Balaban J connectivity index is 1.23. The molecule has 2 aliphatic rings. The van der Waals surface area contributed by atoms with Gasteiger partial charge in [-0.25, -0.2) is 4.98 Å². The summed E-state index contributed by atoms with van der Waals surface area (Å²) in [5.74, 6) is 0. The van der Waals surface area contributed by atoms with Gasteiger partial charge in [0, 0.05) is 38.1 Å². The average molecular weight is 660 g/mol. The van der Waals surface area contributed by atoms with Gasteiger partial charge >= 0.3 is 0 Å². The number of fused-ring (bicyclic) bond motifs is 17. The molecule has 12 rings (SSSR count). The number of benzene rings is 8. The van der Waals surface area contributed by atoms with E-state index in [1.54, 1.807) is 0 Å². The number of furan rings is 1. The number of rotatable bonds is 2. The fraction of sp³-hybridized carbons (Fsp3) is 0.0200. The van der Waals surface area contributed by atoms with E-state index in [2.05, 4.69) is 170 Å². The highest BCUT2D eigenvalue weighted by Gasteiger charge is 2.52. The first kappa shape index (κ1) is 28.0. The Labute approximate surface area is 300 Å². The highest BCUT2D eigenvalue weighted by molar-refractivity contribution is 6.29. The Hall–Kier alpha value is -6.77. The Kier molecular flexibility index (Phi) is 5.46. The van der Waals surface area contributed by atoms with Crippen LogP contribution in [0.5, 0.6) is 0 Å². The molecule has 0 bridgehead atoms. The van der Waals surface area contributed by atoms with E-state index in [0.717, 1.165) is 55.0 Å². The molecule has 2 aromatic heterocycles. The highest BCUT2D eigenvalue weighted by atomic mass is 16.3. The van der Waals surface area contributed by atoms with Crippen molar-refractivity contribution < 1.29 is 4.42 Å². The van der Waals surface area contributed by atoms with E-state index < -0.39 is 5.41 Å². The first-order valence-electron chi connectivity index (χ1n) is 18.0. The summed E-state index contributed by atoms with van der Waals surface area (Å²) in [4.78, 5) is 5.63. The first-order chi connectivity index (χ1) is 25.8. The molecule has 52 heavy (non-hydrogen) atoms. The predicted octanol–water partition coefficient (Wildman–Crippen LogP) is 13.0. The molecule has 1 spiro atoms. The number of aromatic nitrogens is 1. The Bertz CT molecular complexity index is 3090. The van der Waals surface area contributed by atoms with Crippen molar-refractivity contribution in [3.05, 3.63) is 198 Å². The minimum atomic E-state index is -0.406. The fourth-order valence-corrected chi connectivity index (χ4v) is 9.73. The average Bonchev–Trinajstić information content (AvgIpc) is 3.85. The Morgan fingerprint density at radius 2 is 0.942 bits per heavy atom. The van der Waals surface area contributed by atoms with Gasteiger partial charge in [-0.15, -0.1) is 0 Å². The van der Waals surface area contributed by atoms with Gasteiger partial charge in [0.15, 0.2) is 0 Å². The fourth-order valence-electron chi connectivity index (χ4n) is 9.73. The molecule has 0 N–H and O–H groups in total. The zero-order chi connectivity index (χ0) is 34.0. The quantitative estimate of drug-likeness (QED) is 0.173. The molecule has 0 amide bonds. The van der Waals surface area contributed by atoms with Crippen LogP contribution in [0.15, 0.2) is 180 Å². The van der Waals surface area contributed by atoms with Gasteiger partial charge in [0.1, 0.15) is 11.2 Å². The van der Waals surface area contributed by atoms with Crippen LogP contribution in [0.25, 0.3) is 88.3 Å².